The van der Waals surface area contributed by atoms with Crippen LogP contribution < -0.4 is 16.2 Å². The molecule has 3 aromatic carbocycles. The highest BCUT2D eigenvalue weighted by Gasteiger charge is 2.15. The molecule has 0 atom stereocenters. The van der Waals surface area contributed by atoms with Crippen LogP contribution in [0.3, 0.4) is 0 Å². The fraction of sp³-hybridized carbons (Fsp3) is 0.0769. The van der Waals surface area contributed by atoms with Crippen LogP contribution in [0.2, 0.25) is 0 Å². The van der Waals surface area contributed by atoms with Crippen LogP contribution in [-0.4, -0.2) is 29.3 Å². The predicted octanol–water partition coefficient (Wildman–Crippen LogP) is 3.02. The number of para-hydroxylation sites is 1. The number of nitrogens with one attached hydrogen (secondary N) is 3. The van der Waals surface area contributed by atoms with Crippen molar-refractivity contribution in [3.05, 3.63) is 102 Å². The second-order valence-corrected chi connectivity index (χ2v) is 7.38. The first-order valence-corrected chi connectivity index (χ1v) is 10.4. The lowest BCUT2D eigenvalue weighted by Gasteiger charge is -2.12. The van der Waals surface area contributed by atoms with Crippen LogP contribution in [0.25, 0.3) is 22.2 Å². The van der Waals surface area contributed by atoms with Crippen LogP contribution in [0.4, 0.5) is 0 Å². The minimum Gasteiger partial charge on any atom is -0.347 e. The van der Waals surface area contributed by atoms with Gasteiger partial charge in [0.1, 0.15) is 0 Å². The van der Waals surface area contributed by atoms with Crippen molar-refractivity contribution in [2.45, 2.75) is 6.42 Å². The smallest absolute Gasteiger partial charge is 0.270 e. The minimum absolute atomic E-state index is 0.172. The van der Waals surface area contributed by atoms with Gasteiger partial charge in [-0.05, 0) is 17.7 Å². The fourth-order valence-electron chi connectivity index (χ4n) is 3.38. The number of nitrogens with zero attached hydrogens (tertiary/aromatic N) is 1. The number of rotatable bonds is 6. The molecule has 164 valence electrons. The van der Waals surface area contributed by atoms with E-state index in [9.17, 15) is 14.4 Å². The summed E-state index contributed by atoms with van der Waals surface area (Å²) in [5.74, 6) is -1.29. The van der Waals surface area contributed by atoms with Gasteiger partial charge in [-0.3, -0.25) is 25.2 Å². The molecule has 0 saturated heterocycles. The Morgan fingerprint density at radius 2 is 1.39 bits per heavy atom. The van der Waals surface area contributed by atoms with Crippen LogP contribution >= 0.6 is 0 Å². The van der Waals surface area contributed by atoms with Gasteiger partial charge in [0.25, 0.3) is 11.8 Å². The second kappa shape index (κ2) is 10.2. The molecule has 0 radical (unpaired) electrons. The zero-order chi connectivity index (χ0) is 23.0. The van der Waals surface area contributed by atoms with E-state index in [1.807, 2.05) is 78.9 Å². The number of carbonyl (C=O) groups excluding carboxylic acids is 3. The molecule has 7 heteroatoms. The molecule has 0 aliphatic rings. The summed E-state index contributed by atoms with van der Waals surface area (Å²) in [6, 6.07) is 27.8. The third kappa shape index (κ3) is 5.59. The Morgan fingerprint density at radius 3 is 2.15 bits per heavy atom. The number of aromatic nitrogens is 1. The molecular formula is C26H22N4O3. The number of benzene rings is 3. The zero-order valence-corrected chi connectivity index (χ0v) is 17.7. The Balaban J connectivity index is 1.40. The molecule has 3 amide bonds. The molecule has 0 fully saturated rings. The topological polar surface area (TPSA) is 100 Å². The highest BCUT2D eigenvalue weighted by atomic mass is 16.2. The average Bonchev–Trinajstić information content (AvgIpc) is 2.86. The van der Waals surface area contributed by atoms with Crippen molar-refractivity contribution in [2.75, 3.05) is 6.54 Å². The first-order valence-electron chi connectivity index (χ1n) is 10.4. The van der Waals surface area contributed by atoms with E-state index in [-0.39, 0.29) is 18.9 Å². The van der Waals surface area contributed by atoms with Crippen molar-refractivity contribution >= 4 is 28.6 Å². The van der Waals surface area contributed by atoms with Gasteiger partial charge in [-0.1, -0.05) is 78.9 Å². The van der Waals surface area contributed by atoms with Gasteiger partial charge >= 0.3 is 0 Å². The van der Waals surface area contributed by atoms with Crippen molar-refractivity contribution in [1.82, 2.24) is 21.2 Å². The Labute approximate surface area is 190 Å². The summed E-state index contributed by atoms with van der Waals surface area (Å²) in [4.78, 5) is 41.7. The van der Waals surface area contributed by atoms with Crippen LogP contribution in [0.15, 0.2) is 91.0 Å². The quantitative estimate of drug-likeness (QED) is 0.403. The normalized spacial score (nSPS) is 10.4. The predicted molar refractivity (Wildman–Crippen MR) is 126 cm³/mol. The number of hydrazine groups is 1. The highest BCUT2D eigenvalue weighted by Crippen LogP contribution is 2.24. The van der Waals surface area contributed by atoms with Crippen molar-refractivity contribution in [3.63, 3.8) is 0 Å². The molecule has 7 nitrogen and oxygen atoms in total. The number of hydrogen-bond donors (Lipinski definition) is 3. The largest absolute Gasteiger partial charge is 0.347 e. The molecule has 0 aliphatic carbocycles. The number of pyridine rings is 1. The monoisotopic (exact) mass is 438 g/mol. The van der Waals surface area contributed by atoms with Gasteiger partial charge in [0.05, 0.1) is 29.7 Å². The summed E-state index contributed by atoms with van der Waals surface area (Å²) < 4.78 is 0. The maximum Gasteiger partial charge on any atom is 0.270 e. The molecule has 0 saturated carbocycles. The highest BCUT2D eigenvalue weighted by molar-refractivity contribution is 6.07. The molecule has 4 aromatic rings. The molecule has 3 N–H and O–H groups in total. The second-order valence-electron chi connectivity index (χ2n) is 7.38. The molecular weight excluding hydrogens is 416 g/mol. The van der Waals surface area contributed by atoms with E-state index in [0.29, 0.717) is 22.2 Å². The molecule has 4 rings (SSSR count). The molecule has 0 aliphatic heterocycles. The van der Waals surface area contributed by atoms with Crippen LogP contribution in [0.1, 0.15) is 15.9 Å². The number of fused-ring (bicyclic) bond motifs is 1. The van der Waals surface area contributed by atoms with Gasteiger partial charge in [-0.15, -0.1) is 0 Å². The molecule has 1 heterocycles. The van der Waals surface area contributed by atoms with Gasteiger partial charge in [0.15, 0.2) is 0 Å². The van der Waals surface area contributed by atoms with Crippen molar-refractivity contribution in [2.24, 2.45) is 0 Å². The van der Waals surface area contributed by atoms with Gasteiger partial charge < -0.3 is 5.32 Å². The van der Waals surface area contributed by atoms with E-state index in [1.54, 1.807) is 12.1 Å². The first kappa shape index (κ1) is 21.7. The average molecular weight is 438 g/mol. The standard InChI is InChI=1S/C26H22N4O3/c31-24(15-18-9-3-1-4-10-18)27-17-25(32)29-30-26(33)21-16-23(19-11-5-2-6-12-19)28-22-14-8-7-13-20(21)22/h1-14,16H,15,17H2,(H,27,31)(H,29,32)(H,30,33). The maximum atomic E-state index is 12.9. The number of carbonyl (C=O) groups is 3. The molecule has 1 aromatic heterocycles. The lowest BCUT2D eigenvalue weighted by atomic mass is 10.0. The van der Waals surface area contributed by atoms with Gasteiger partial charge in [0.2, 0.25) is 5.91 Å². The van der Waals surface area contributed by atoms with Gasteiger partial charge in [0, 0.05) is 10.9 Å². The number of amides is 3. The van der Waals surface area contributed by atoms with E-state index in [0.717, 1.165) is 11.1 Å². The summed E-state index contributed by atoms with van der Waals surface area (Å²) in [5.41, 5.74) is 8.21. The Morgan fingerprint density at radius 1 is 0.727 bits per heavy atom. The van der Waals surface area contributed by atoms with E-state index >= 15 is 0 Å². The molecule has 0 spiro atoms. The van der Waals surface area contributed by atoms with Crippen molar-refractivity contribution in [3.8, 4) is 11.3 Å². The fourth-order valence-corrected chi connectivity index (χ4v) is 3.38. The summed E-state index contributed by atoms with van der Waals surface area (Å²) in [5, 5.41) is 3.21. The van der Waals surface area contributed by atoms with Crippen LogP contribution in [0, 0.1) is 0 Å². The molecule has 0 bridgehead atoms. The van der Waals surface area contributed by atoms with E-state index in [1.165, 1.54) is 0 Å². The molecule has 0 unspecified atom stereocenters. The third-order valence-electron chi connectivity index (χ3n) is 5.00. The maximum absolute atomic E-state index is 12.9. The van der Waals surface area contributed by atoms with Crippen LogP contribution in [-0.2, 0) is 16.0 Å². The number of hydrogen-bond acceptors (Lipinski definition) is 4. The van der Waals surface area contributed by atoms with E-state index in [2.05, 4.69) is 21.2 Å². The summed E-state index contributed by atoms with van der Waals surface area (Å²) in [6.45, 7) is -0.252. The Hall–Kier alpha value is -4.52. The van der Waals surface area contributed by atoms with E-state index < -0.39 is 11.8 Å². The van der Waals surface area contributed by atoms with Crippen molar-refractivity contribution in [1.29, 1.82) is 0 Å². The molecule has 33 heavy (non-hydrogen) atoms. The SMILES string of the molecule is O=C(Cc1ccccc1)NCC(=O)NNC(=O)c1cc(-c2ccccc2)nc2ccccc12. The van der Waals surface area contributed by atoms with E-state index in [4.69, 9.17) is 0 Å². The summed E-state index contributed by atoms with van der Waals surface area (Å²) >= 11 is 0. The van der Waals surface area contributed by atoms with Crippen molar-refractivity contribution < 1.29 is 14.4 Å². The summed E-state index contributed by atoms with van der Waals surface area (Å²) in [7, 11) is 0. The zero-order valence-electron chi connectivity index (χ0n) is 17.7. The lowest BCUT2D eigenvalue weighted by molar-refractivity contribution is -0.126. The Kier molecular flexibility index (Phi) is 6.70. The van der Waals surface area contributed by atoms with Gasteiger partial charge in [-0.25, -0.2) is 4.98 Å². The third-order valence-corrected chi connectivity index (χ3v) is 5.00. The lowest BCUT2D eigenvalue weighted by Crippen LogP contribution is -2.46. The van der Waals surface area contributed by atoms with Crippen LogP contribution in [0.5, 0.6) is 0 Å². The Bertz CT molecular complexity index is 1290. The minimum atomic E-state index is -0.536. The van der Waals surface area contributed by atoms with Gasteiger partial charge in [-0.2, -0.15) is 0 Å². The first-order chi connectivity index (χ1) is 16.1. The summed E-state index contributed by atoms with van der Waals surface area (Å²) in [6.07, 6.45) is 0.172.